The highest BCUT2D eigenvalue weighted by Gasteiger charge is 2.15. The minimum atomic E-state index is -1.62. The van der Waals surface area contributed by atoms with Crippen LogP contribution >= 0.6 is 0 Å². The summed E-state index contributed by atoms with van der Waals surface area (Å²) in [5.74, 6) is -4.77. The molecule has 0 aliphatic carbocycles. The number of ether oxygens (including phenoxy) is 1. The monoisotopic (exact) mass is 311 g/mol. The van der Waals surface area contributed by atoms with Crippen molar-refractivity contribution in [2.24, 2.45) is 0 Å². The summed E-state index contributed by atoms with van der Waals surface area (Å²) in [5, 5.41) is 11.0. The van der Waals surface area contributed by atoms with E-state index in [1.807, 2.05) is 0 Å². The van der Waals surface area contributed by atoms with Gasteiger partial charge in [0.05, 0.1) is 6.61 Å². The summed E-state index contributed by atoms with van der Waals surface area (Å²) in [7, 11) is 0. The molecule has 7 heteroatoms. The second-order valence-corrected chi connectivity index (χ2v) is 4.30. The molecule has 0 saturated heterocycles. The van der Waals surface area contributed by atoms with Crippen LogP contribution in [0, 0.1) is 17.5 Å². The van der Waals surface area contributed by atoms with Crippen molar-refractivity contribution in [1.29, 1.82) is 0 Å². The zero-order chi connectivity index (χ0) is 16.1. The molecule has 0 unspecified atom stereocenters. The second-order valence-electron chi connectivity index (χ2n) is 4.30. The van der Waals surface area contributed by atoms with Gasteiger partial charge in [0.15, 0.2) is 17.5 Å². The van der Waals surface area contributed by atoms with E-state index in [4.69, 9.17) is 9.84 Å². The molecular formula is C15H12F3NO3. The number of aliphatic hydroxyl groups excluding tert-OH is 1. The Hall–Kier alpha value is -2.54. The maximum absolute atomic E-state index is 13.1. The summed E-state index contributed by atoms with van der Waals surface area (Å²) in [6, 6.07) is 7.37. The van der Waals surface area contributed by atoms with Gasteiger partial charge in [0.2, 0.25) is 0 Å². The average Bonchev–Trinajstić information content (AvgIpc) is 2.51. The molecule has 0 aromatic heterocycles. The van der Waals surface area contributed by atoms with Crippen LogP contribution < -0.4 is 10.1 Å². The number of amides is 1. The van der Waals surface area contributed by atoms with E-state index >= 15 is 0 Å². The van der Waals surface area contributed by atoms with Crippen molar-refractivity contribution in [3.63, 3.8) is 0 Å². The SMILES string of the molecule is O=C(Nc1ccc(OCCO)cc1)c1cc(F)c(F)c(F)c1. The van der Waals surface area contributed by atoms with Crippen molar-refractivity contribution in [2.45, 2.75) is 0 Å². The van der Waals surface area contributed by atoms with Crippen LogP contribution in [0.1, 0.15) is 10.4 Å². The number of hydrogen-bond donors (Lipinski definition) is 2. The Labute approximate surface area is 124 Å². The molecule has 1 amide bonds. The van der Waals surface area contributed by atoms with E-state index in [1.54, 1.807) is 12.1 Å². The van der Waals surface area contributed by atoms with Gasteiger partial charge >= 0.3 is 0 Å². The third kappa shape index (κ3) is 3.76. The fourth-order valence-corrected chi connectivity index (χ4v) is 1.69. The normalized spacial score (nSPS) is 10.4. The van der Waals surface area contributed by atoms with Gasteiger partial charge in [-0.25, -0.2) is 13.2 Å². The van der Waals surface area contributed by atoms with Crippen LogP contribution in [0.4, 0.5) is 18.9 Å². The molecule has 0 radical (unpaired) electrons. The summed E-state index contributed by atoms with van der Waals surface area (Å²) in [6.07, 6.45) is 0. The number of hydrogen-bond acceptors (Lipinski definition) is 3. The highest BCUT2D eigenvalue weighted by atomic mass is 19.2. The fraction of sp³-hybridized carbons (Fsp3) is 0.133. The van der Waals surface area contributed by atoms with Crippen LogP contribution in [0.3, 0.4) is 0 Å². The van der Waals surface area contributed by atoms with Gasteiger partial charge in [0.1, 0.15) is 12.4 Å². The van der Waals surface area contributed by atoms with Gasteiger partial charge in [0.25, 0.3) is 5.91 Å². The Balaban J connectivity index is 2.08. The topological polar surface area (TPSA) is 58.6 Å². The minimum absolute atomic E-state index is 0.125. The predicted molar refractivity (Wildman–Crippen MR) is 73.3 cm³/mol. The molecule has 0 saturated carbocycles. The van der Waals surface area contributed by atoms with Gasteiger partial charge in [-0.15, -0.1) is 0 Å². The Morgan fingerprint density at radius 2 is 1.68 bits per heavy atom. The highest BCUT2D eigenvalue weighted by molar-refractivity contribution is 6.04. The maximum Gasteiger partial charge on any atom is 0.255 e. The Morgan fingerprint density at radius 1 is 1.09 bits per heavy atom. The molecule has 4 nitrogen and oxygen atoms in total. The van der Waals surface area contributed by atoms with E-state index in [2.05, 4.69) is 5.32 Å². The molecule has 0 aliphatic rings. The molecule has 0 aliphatic heterocycles. The maximum atomic E-state index is 13.1. The summed E-state index contributed by atoms with van der Waals surface area (Å²) in [5.41, 5.74) is 0.0310. The Morgan fingerprint density at radius 3 is 2.23 bits per heavy atom. The van der Waals surface area contributed by atoms with Gasteiger partial charge in [0, 0.05) is 11.3 Å². The number of halogens is 3. The highest BCUT2D eigenvalue weighted by Crippen LogP contribution is 2.18. The van der Waals surface area contributed by atoms with Gasteiger partial charge in [-0.3, -0.25) is 4.79 Å². The molecule has 22 heavy (non-hydrogen) atoms. The second kappa shape index (κ2) is 6.95. The predicted octanol–water partition coefficient (Wildman–Crippen LogP) is 2.73. The molecular weight excluding hydrogens is 299 g/mol. The van der Waals surface area contributed by atoms with E-state index in [-0.39, 0.29) is 18.8 Å². The Bertz CT molecular complexity index is 651. The van der Waals surface area contributed by atoms with Gasteiger partial charge in [-0.1, -0.05) is 0 Å². The van der Waals surface area contributed by atoms with Crippen molar-refractivity contribution < 1.29 is 27.8 Å². The molecule has 2 N–H and O–H groups in total. The van der Waals surface area contributed by atoms with Crippen molar-refractivity contribution in [1.82, 2.24) is 0 Å². The molecule has 0 atom stereocenters. The fourth-order valence-electron chi connectivity index (χ4n) is 1.69. The number of carbonyl (C=O) groups excluding carboxylic acids is 1. The lowest BCUT2D eigenvalue weighted by molar-refractivity contribution is 0.102. The van der Waals surface area contributed by atoms with Crippen molar-refractivity contribution in [2.75, 3.05) is 18.5 Å². The van der Waals surface area contributed by atoms with Crippen LogP contribution in [0.15, 0.2) is 36.4 Å². The van der Waals surface area contributed by atoms with E-state index < -0.39 is 23.4 Å². The van der Waals surface area contributed by atoms with E-state index in [1.165, 1.54) is 12.1 Å². The van der Waals surface area contributed by atoms with Gasteiger partial charge in [-0.2, -0.15) is 0 Å². The zero-order valence-electron chi connectivity index (χ0n) is 11.3. The first-order chi connectivity index (χ1) is 10.5. The molecule has 2 aromatic carbocycles. The summed E-state index contributed by atoms with van der Waals surface area (Å²) >= 11 is 0. The lowest BCUT2D eigenvalue weighted by atomic mass is 10.2. The minimum Gasteiger partial charge on any atom is -0.491 e. The van der Waals surface area contributed by atoms with Crippen LogP contribution in [0.2, 0.25) is 0 Å². The number of carbonyl (C=O) groups is 1. The molecule has 2 rings (SSSR count). The number of benzene rings is 2. The largest absolute Gasteiger partial charge is 0.491 e. The van der Waals surface area contributed by atoms with Gasteiger partial charge < -0.3 is 15.2 Å². The summed E-state index contributed by atoms with van der Waals surface area (Å²) in [6.45, 7) is 0.0139. The van der Waals surface area contributed by atoms with Crippen LogP contribution in [0.25, 0.3) is 0 Å². The average molecular weight is 311 g/mol. The number of rotatable bonds is 5. The van der Waals surface area contributed by atoms with E-state index in [0.717, 1.165) is 0 Å². The molecule has 0 bridgehead atoms. The van der Waals surface area contributed by atoms with Crippen LogP contribution in [0.5, 0.6) is 5.75 Å². The third-order valence-corrected chi connectivity index (χ3v) is 2.72. The summed E-state index contributed by atoms with van der Waals surface area (Å²) in [4.78, 5) is 11.9. The zero-order valence-corrected chi connectivity index (χ0v) is 11.3. The third-order valence-electron chi connectivity index (χ3n) is 2.72. The van der Waals surface area contributed by atoms with E-state index in [9.17, 15) is 18.0 Å². The van der Waals surface area contributed by atoms with Crippen molar-refractivity contribution in [3.8, 4) is 5.75 Å². The van der Waals surface area contributed by atoms with Crippen molar-refractivity contribution in [3.05, 3.63) is 59.4 Å². The number of nitrogens with one attached hydrogen (secondary N) is 1. The molecule has 2 aromatic rings. The van der Waals surface area contributed by atoms with Crippen LogP contribution in [-0.2, 0) is 0 Å². The first kappa shape index (κ1) is 15.8. The molecule has 0 fully saturated rings. The van der Waals surface area contributed by atoms with Crippen LogP contribution in [-0.4, -0.2) is 24.2 Å². The lowest BCUT2D eigenvalue weighted by Crippen LogP contribution is -2.13. The number of anilines is 1. The smallest absolute Gasteiger partial charge is 0.255 e. The molecule has 0 spiro atoms. The Kier molecular flexibility index (Phi) is 5.00. The quantitative estimate of drug-likeness (QED) is 0.835. The molecule has 0 heterocycles. The van der Waals surface area contributed by atoms with E-state index in [0.29, 0.717) is 23.6 Å². The van der Waals surface area contributed by atoms with Crippen molar-refractivity contribution >= 4 is 11.6 Å². The van der Waals surface area contributed by atoms with Gasteiger partial charge in [-0.05, 0) is 36.4 Å². The number of aliphatic hydroxyl groups is 1. The standard InChI is InChI=1S/C15H12F3NO3/c16-12-7-9(8-13(17)14(12)18)15(21)19-10-1-3-11(4-2-10)22-6-5-20/h1-4,7-8,20H,5-6H2,(H,19,21). The molecule has 116 valence electrons. The first-order valence-electron chi connectivity index (χ1n) is 6.31. The lowest BCUT2D eigenvalue weighted by Gasteiger charge is -2.08. The first-order valence-corrected chi connectivity index (χ1v) is 6.31. The summed E-state index contributed by atoms with van der Waals surface area (Å²) < 4.78 is 44.1.